The largest absolute Gasteiger partial charge is 0.481 e. The second-order valence-corrected chi connectivity index (χ2v) is 7.66. The first-order chi connectivity index (χ1) is 12.6. The van der Waals surface area contributed by atoms with Gasteiger partial charge >= 0.3 is 12.1 Å². The molecule has 0 fully saturated rings. The molecule has 0 unspecified atom stereocenters. The second kappa shape index (κ2) is 8.65. The van der Waals surface area contributed by atoms with E-state index in [0.717, 1.165) is 12.1 Å². The van der Waals surface area contributed by atoms with Crippen LogP contribution in [-0.2, 0) is 22.2 Å². The molecule has 1 atom stereocenters. The molecule has 1 aromatic carbocycles. The van der Waals surface area contributed by atoms with Gasteiger partial charge in [0.15, 0.2) is 0 Å². The fraction of sp³-hybridized carbons (Fsp3) is 0.421. The SMILES string of the molecule is CC(C)C[C@H](CC(=O)Cc1csc(-c2ccc(C(F)(F)F)cc2)n1)C(=O)O. The van der Waals surface area contributed by atoms with E-state index in [0.29, 0.717) is 22.7 Å². The third kappa shape index (κ3) is 6.16. The quantitative estimate of drug-likeness (QED) is 0.672. The molecule has 0 amide bonds. The van der Waals surface area contributed by atoms with Crippen LogP contribution in [0.25, 0.3) is 10.6 Å². The number of carbonyl (C=O) groups is 2. The van der Waals surface area contributed by atoms with Crippen LogP contribution in [0, 0.1) is 11.8 Å². The first-order valence-electron chi connectivity index (χ1n) is 8.42. The van der Waals surface area contributed by atoms with Crippen LogP contribution in [0.5, 0.6) is 0 Å². The molecular weight excluding hydrogens is 379 g/mol. The zero-order chi connectivity index (χ0) is 20.2. The van der Waals surface area contributed by atoms with E-state index in [1.807, 2.05) is 13.8 Å². The molecule has 0 aliphatic carbocycles. The Morgan fingerprint density at radius 1 is 1.19 bits per heavy atom. The smallest absolute Gasteiger partial charge is 0.416 e. The molecule has 2 aromatic rings. The Bertz CT molecular complexity index is 797. The van der Waals surface area contributed by atoms with Gasteiger partial charge in [-0.25, -0.2) is 4.98 Å². The molecule has 0 saturated heterocycles. The van der Waals surface area contributed by atoms with Crippen molar-refractivity contribution in [2.24, 2.45) is 11.8 Å². The van der Waals surface area contributed by atoms with Gasteiger partial charge in [-0.1, -0.05) is 26.0 Å². The van der Waals surface area contributed by atoms with E-state index in [-0.39, 0.29) is 24.5 Å². The summed E-state index contributed by atoms with van der Waals surface area (Å²) in [5.74, 6) is -1.75. The molecule has 27 heavy (non-hydrogen) atoms. The number of Topliss-reactive ketones (excluding diaryl/α,β-unsaturated/α-hetero) is 1. The lowest BCUT2D eigenvalue weighted by atomic mass is 9.91. The number of carbonyl (C=O) groups excluding carboxylic acids is 1. The number of aromatic nitrogens is 1. The van der Waals surface area contributed by atoms with Crippen molar-refractivity contribution in [3.05, 3.63) is 40.9 Å². The van der Waals surface area contributed by atoms with Crippen molar-refractivity contribution in [3.8, 4) is 10.6 Å². The Hall–Kier alpha value is -2.22. The standard InChI is InChI=1S/C19H20F3NO3S/c1-11(2)7-13(18(25)26)8-16(24)9-15-10-27-17(23-15)12-3-5-14(6-4-12)19(20,21)22/h3-6,10-11,13H,7-9H2,1-2H3,(H,25,26)/t13-/m1/s1. The van der Waals surface area contributed by atoms with Crippen molar-refractivity contribution in [1.29, 1.82) is 0 Å². The summed E-state index contributed by atoms with van der Waals surface area (Å²) >= 11 is 1.23. The summed E-state index contributed by atoms with van der Waals surface area (Å²) in [6.07, 6.45) is -4.01. The Labute approximate surface area is 159 Å². The van der Waals surface area contributed by atoms with Crippen LogP contribution in [0.2, 0.25) is 0 Å². The highest BCUT2D eigenvalue weighted by atomic mass is 32.1. The summed E-state index contributed by atoms with van der Waals surface area (Å²) in [5, 5.41) is 11.4. The van der Waals surface area contributed by atoms with E-state index in [1.165, 1.54) is 23.5 Å². The molecule has 2 rings (SSSR count). The van der Waals surface area contributed by atoms with E-state index in [2.05, 4.69) is 4.98 Å². The third-order valence-electron chi connectivity index (χ3n) is 3.97. The van der Waals surface area contributed by atoms with Gasteiger partial charge in [0.1, 0.15) is 10.8 Å². The summed E-state index contributed by atoms with van der Waals surface area (Å²) in [6.45, 7) is 3.80. The van der Waals surface area contributed by atoms with E-state index < -0.39 is 23.6 Å². The summed E-state index contributed by atoms with van der Waals surface area (Å²) in [4.78, 5) is 27.7. The van der Waals surface area contributed by atoms with Gasteiger partial charge in [0.05, 0.1) is 17.2 Å². The molecular formula is C19H20F3NO3S. The van der Waals surface area contributed by atoms with Gasteiger partial charge in [-0.3, -0.25) is 9.59 Å². The maximum absolute atomic E-state index is 12.6. The molecule has 0 spiro atoms. The van der Waals surface area contributed by atoms with Crippen LogP contribution >= 0.6 is 11.3 Å². The first kappa shape index (κ1) is 21.1. The number of hydrogen-bond donors (Lipinski definition) is 1. The number of alkyl halides is 3. The van der Waals surface area contributed by atoms with Gasteiger partial charge in [0, 0.05) is 23.8 Å². The molecule has 0 bridgehead atoms. The highest BCUT2D eigenvalue weighted by molar-refractivity contribution is 7.13. The molecule has 0 aliphatic rings. The molecule has 0 aliphatic heterocycles. The topological polar surface area (TPSA) is 67.3 Å². The molecule has 1 heterocycles. The predicted octanol–water partition coefficient (Wildman–Crippen LogP) is 5.08. The van der Waals surface area contributed by atoms with Gasteiger partial charge in [-0.05, 0) is 24.5 Å². The monoisotopic (exact) mass is 399 g/mol. The lowest BCUT2D eigenvalue weighted by Crippen LogP contribution is -2.20. The van der Waals surface area contributed by atoms with Crippen LogP contribution < -0.4 is 0 Å². The number of rotatable bonds is 8. The molecule has 0 radical (unpaired) electrons. The minimum atomic E-state index is -4.39. The number of nitrogens with zero attached hydrogens (tertiary/aromatic N) is 1. The maximum atomic E-state index is 12.6. The molecule has 4 nitrogen and oxygen atoms in total. The number of halogens is 3. The van der Waals surface area contributed by atoms with Crippen LogP contribution in [-0.4, -0.2) is 21.8 Å². The summed E-state index contributed by atoms with van der Waals surface area (Å²) in [5.41, 5.74) is 0.298. The number of carboxylic acid groups (broad SMARTS) is 1. The van der Waals surface area contributed by atoms with Crippen molar-refractivity contribution in [1.82, 2.24) is 4.98 Å². The molecule has 8 heteroatoms. The first-order valence-corrected chi connectivity index (χ1v) is 9.30. The zero-order valence-corrected chi connectivity index (χ0v) is 15.7. The highest BCUT2D eigenvalue weighted by Gasteiger charge is 2.30. The molecule has 1 N–H and O–H groups in total. The van der Waals surface area contributed by atoms with E-state index in [4.69, 9.17) is 0 Å². The average molecular weight is 399 g/mol. The van der Waals surface area contributed by atoms with E-state index in [9.17, 15) is 27.9 Å². The second-order valence-electron chi connectivity index (χ2n) is 6.80. The fourth-order valence-corrected chi connectivity index (χ4v) is 3.54. The Morgan fingerprint density at radius 2 is 1.81 bits per heavy atom. The maximum Gasteiger partial charge on any atom is 0.416 e. The fourth-order valence-electron chi connectivity index (χ4n) is 2.71. The van der Waals surface area contributed by atoms with Crippen molar-refractivity contribution in [2.45, 2.75) is 39.3 Å². The average Bonchev–Trinajstić information content (AvgIpc) is 3.01. The van der Waals surface area contributed by atoms with Crippen LogP contribution in [0.4, 0.5) is 13.2 Å². The summed E-state index contributed by atoms with van der Waals surface area (Å²) in [6, 6.07) is 4.67. The number of ketones is 1. The van der Waals surface area contributed by atoms with Gasteiger partial charge < -0.3 is 5.11 Å². The Kier molecular flexibility index (Phi) is 6.75. The van der Waals surface area contributed by atoms with Crippen molar-refractivity contribution in [2.75, 3.05) is 0 Å². The molecule has 1 aromatic heterocycles. The molecule has 146 valence electrons. The number of thiazole rings is 1. The highest BCUT2D eigenvalue weighted by Crippen LogP contribution is 2.32. The lowest BCUT2D eigenvalue weighted by molar-refractivity contribution is -0.144. The minimum Gasteiger partial charge on any atom is -0.481 e. The predicted molar refractivity (Wildman–Crippen MR) is 96.5 cm³/mol. The Morgan fingerprint density at radius 3 is 2.33 bits per heavy atom. The zero-order valence-electron chi connectivity index (χ0n) is 14.9. The van der Waals surface area contributed by atoms with Crippen LogP contribution in [0.1, 0.15) is 37.9 Å². The van der Waals surface area contributed by atoms with Gasteiger partial charge in [0.25, 0.3) is 0 Å². The third-order valence-corrected chi connectivity index (χ3v) is 4.91. The van der Waals surface area contributed by atoms with Crippen molar-refractivity contribution < 1.29 is 27.9 Å². The number of carboxylic acids is 1. The lowest BCUT2D eigenvalue weighted by Gasteiger charge is -2.13. The van der Waals surface area contributed by atoms with E-state index in [1.54, 1.807) is 5.38 Å². The van der Waals surface area contributed by atoms with Crippen molar-refractivity contribution in [3.63, 3.8) is 0 Å². The van der Waals surface area contributed by atoms with Crippen LogP contribution in [0.15, 0.2) is 29.6 Å². The Balaban J connectivity index is 2.03. The number of aliphatic carboxylic acids is 1. The summed E-state index contributed by atoms with van der Waals surface area (Å²) < 4.78 is 37.9. The summed E-state index contributed by atoms with van der Waals surface area (Å²) in [7, 11) is 0. The van der Waals surface area contributed by atoms with Crippen LogP contribution in [0.3, 0.4) is 0 Å². The molecule has 0 saturated carbocycles. The number of hydrogen-bond acceptors (Lipinski definition) is 4. The van der Waals surface area contributed by atoms with Gasteiger partial charge in [-0.15, -0.1) is 11.3 Å². The number of benzene rings is 1. The van der Waals surface area contributed by atoms with Gasteiger partial charge in [-0.2, -0.15) is 13.2 Å². The minimum absolute atomic E-state index is 0.0129. The van der Waals surface area contributed by atoms with E-state index >= 15 is 0 Å². The van der Waals surface area contributed by atoms with Gasteiger partial charge in [0.2, 0.25) is 0 Å². The van der Waals surface area contributed by atoms with Crippen molar-refractivity contribution >= 4 is 23.1 Å². The normalized spacial score (nSPS) is 13.0.